The summed E-state index contributed by atoms with van der Waals surface area (Å²) in [6.07, 6.45) is 1.79. The molecule has 0 bridgehead atoms. The summed E-state index contributed by atoms with van der Waals surface area (Å²) in [5.74, 6) is 0. The van der Waals surface area contributed by atoms with Gasteiger partial charge in [-0.25, -0.2) is 9.82 Å². The van der Waals surface area contributed by atoms with Crippen LogP contribution in [-0.4, -0.2) is 12.1 Å². The highest BCUT2D eigenvalue weighted by Crippen LogP contribution is 2.15. The largest absolute Gasteiger partial charge is 0.250 e. The number of hydrogen-bond donors (Lipinski definition) is 1. The molecule has 3 heteroatoms. The molecule has 2 rings (SSSR count). The van der Waals surface area contributed by atoms with Gasteiger partial charge >= 0.3 is 0 Å². The van der Waals surface area contributed by atoms with Gasteiger partial charge in [0.2, 0.25) is 0 Å². The lowest BCUT2D eigenvalue weighted by molar-refractivity contribution is -0.829. The summed E-state index contributed by atoms with van der Waals surface area (Å²) in [5, 5.41) is 1.13. The summed E-state index contributed by atoms with van der Waals surface area (Å²) in [7, 11) is 1.64. The maximum absolute atomic E-state index is 4.97. The number of aromatic nitrogens is 1. The lowest BCUT2D eigenvalue weighted by Crippen LogP contribution is -2.76. The van der Waals surface area contributed by atoms with Crippen molar-refractivity contribution in [3.05, 3.63) is 36.5 Å². The Morgan fingerprint density at radius 2 is 2.08 bits per heavy atom. The smallest absolute Gasteiger partial charge is 0.188 e. The van der Waals surface area contributed by atoms with Crippen molar-refractivity contribution in [3.8, 4) is 0 Å². The molecule has 3 nitrogen and oxygen atoms in total. The van der Waals surface area contributed by atoms with Crippen LogP contribution in [0.25, 0.3) is 10.9 Å². The molecule has 13 heavy (non-hydrogen) atoms. The molecule has 1 heterocycles. The van der Waals surface area contributed by atoms with E-state index in [4.69, 9.17) is 4.84 Å². The molecule has 0 fully saturated rings. The Labute approximate surface area is 76.3 Å². The van der Waals surface area contributed by atoms with Crippen molar-refractivity contribution < 1.29 is 10.3 Å². The second-order valence-corrected chi connectivity index (χ2v) is 2.78. The zero-order valence-electron chi connectivity index (χ0n) is 7.40. The molecule has 0 aliphatic rings. The summed E-state index contributed by atoms with van der Waals surface area (Å²) in [6.45, 7) is 0. The number of benzene rings is 1. The SMILES string of the molecule is CO[NH2+]c1cccc2cccnc12. The van der Waals surface area contributed by atoms with Crippen molar-refractivity contribution in [3.63, 3.8) is 0 Å². The average molecular weight is 175 g/mol. The first kappa shape index (κ1) is 8.16. The van der Waals surface area contributed by atoms with E-state index in [0.29, 0.717) is 0 Å². The third-order valence-corrected chi connectivity index (χ3v) is 1.91. The van der Waals surface area contributed by atoms with E-state index in [1.165, 1.54) is 0 Å². The number of pyridine rings is 1. The van der Waals surface area contributed by atoms with Crippen molar-refractivity contribution in [1.82, 2.24) is 4.98 Å². The summed E-state index contributed by atoms with van der Waals surface area (Å²) in [5.41, 5.74) is 3.70. The van der Waals surface area contributed by atoms with E-state index in [9.17, 15) is 0 Å². The van der Waals surface area contributed by atoms with Crippen LogP contribution >= 0.6 is 0 Å². The van der Waals surface area contributed by atoms with E-state index in [2.05, 4.69) is 4.98 Å². The van der Waals surface area contributed by atoms with E-state index in [0.717, 1.165) is 16.6 Å². The van der Waals surface area contributed by atoms with E-state index >= 15 is 0 Å². The maximum Gasteiger partial charge on any atom is 0.188 e. The predicted octanol–water partition coefficient (Wildman–Crippen LogP) is 0.991. The van der Waals surface area contributed by atoms with Crippen LogP contribution in [0.3, 0.4) is 0 Å². The number of nitrogens with zero attached hydrogens (tertiary/aromatic N) is 1. The lowest BCUT2D eigenvalue weighted by Gasteiger charge is -2.00. The highest BCUT2D eigenvalue weighted by Gasteiger charge is 2.03. The van der Waals surface area contributed by atoms with Crippen LogP contribution in [0.5, 0.6) is 0 Å². The number of fused-ring (bicyclic) bond motifs is 1. The van der Waals surface area contributed by atoms with Crippen molar-refractivity contribution in [2.75, 3.05) is 7.11 Å². The van der Waals surface area contributed by atoms with E-state index < -0.39 is 0 Å². The highest BCUT2D eigenvalue weighted by atomic mass is 16.6. The van der Waals surface area contributed by atoms with Crippen LogP contribution in [0.15, 0.2) is 36.5 Å². The van der Waals surface area contributed by atoms with Gasteiger partial charge in [-0.2, -0.15) is 5.48 Å². The van der Waals surface area contributed by atoms with Crippen LogP contribution < -0.4 is 5.48 Å². The van der Waals surface area contributed by atoms with Crippen LogP contribution in [-0.2, 0) is 4.84 Å². The molecule has 0 aliphatic carbocycles. The first-order chi connectivity index (χ1) is 6.42. The minimum atomic E-state index is 0.979. The summed E-state index contributed by atoms with van der Waals surface area (Å²) in [6, 6.07) is 9.98. The molecule has 0 radical (unpaired) electrons. The zero-order chi connectivity index (χ0) is 9.10. The number of nitrogens with two attached hydrogens (primary N) is 1. The van der Waals surface area contributed by atoms with Gasteiger partial charge in [0.15, 0.2) is 5.69 Å². The Bertz CT molecular complexity index is 409. The molecule has 0 saturated carbocycles. The topological polar surface area (TPSA) is 38.7 Å². The van der Waals surface area contributed by atoms with Crippen LogP contribution in [0, 0.1) is 0 Å². The first-order valence-corrected chi connectivity index (χ1v) is 4.11. The number of para-hydroxylation sites is 1. The highest BCUT2D eigenvalue weighted by molar-refractivity contribution is 5.86. The number of rotatable bonds is 2. The monoisotopic (exact) mass is 175 g/mol. The normalized spacial score (nSPS) is 10.5. The van der Waals surface area contributed by atoms with Gasteiger partial charge in [0.1, 0.15) is 5.52 Å². The second kappa shape index (κ2) is 3.51. The maximum atomic E-state index is 4.97. The molecule has 66 valence electrons. The van der Waals surface area contributed by atoms with Gasteiger partial charge in [0, 0.05) is 17.6 Å². The quantitative estimate of drug-likeness (QED) is 0.546. The second-order valence-electron chi connectivity index (χ2n) is 2.78. The standard InChI is InChI=1S/C10H10N2O/c1-13-12-9-6-2-4-8-5-3-7-11-10(8)9/h2-7,12H,1H3/p+1. The van der Waals surface area contributed by atoms with E-state index in [-0.39, 0.29) is 0 Å². The molecule has 1 aromatic carbocycles. The van der Waals surface area contributed by atoms with Crippen LogP contribution in [0.4, 0.5) is 5.69 Å². The third-order valence-electron chi connectivity index (χ3n) is 1.91. The molecule has 2 N–H and O–H groups in total. The van der Waals surface area contributed by atoms with Crippen LogP contribution in [0.1, 0.15) is 0 Å². The van der Waals surface area contributed by atoms with Gasteiger partial charge in [0.25, 0.3) is 0 Å². The van der Waals surface area contributed by atoms with Gasteiger partial charge in [-0.05, 0) is 6.07 Å². The van der Waals surface area contributed by atoms with Crippen molar-refractivity contribution in [2.24, 2.45) is 0 Å². The fourth-order valence-electron chi connectivity index (χ4n) is 1.35. The van der Waals surface area contributed by atoms with Gasteiger partial charge in [0.05, 0.1) is 7.11 Å². The van der Waals surface area contributed by atoms with Gasteiger partial charge in [-0.3, -0.25) is 0 Å². The molecular formula is C10H11N2O+. The van der Waals surface area contributed by atoms with Crippen LogP contribution in [0.2, 0.25) is 0 Å². The van der Waals surface area contributed by atoms with Gasteiger partial charge in [-0.15, -0.1) is 0 Å². The molecule has 0 saturated heterocycles. The van der Waals surface area contributed by atoms with Crippen molar-refractivity contribution in [2.45, 2.75) is 0 Å². The average Bonchev–Trinajstić information content (AvgIpc) is 2.19. The molecular weight excluding hydrogens is 164 g/mol. The van der Waals surface area contributed by atoms with Gasteiger partial charge in [-0.1, -0.05) is 18.2 Å². The first-order valence-electron chi connectivity index (χ1n) is 4.11. The predicted molar refractivity (Wildman–Crippen MR) is 50.3 cm³/mol. The Morgan fingerprint density at radius 3 is 2.92 bits per heavy atom. The Kier molecular flexibility index (Phi) is 2.21. The summed E-state index contributed by atoms with van der Waals surface area (Å²) >= 11 is 0. The molecule has 2 aromatic rings. The lowest BCUT2D eigenvalue weighted by atomic mass is 10.2. The number of quaternary nitrogens is 1. The minimum Gasteiger partial charge on any atom is -0.250 e. The fourth-order valence-corrected chi connectivity index (χ4v) is 1.35. The van der Waals surface area contributed by atoms with E-state index in [1.807, 2.05) is 30.3 Å². The Morgan fingerprint density at radius 1 is 1.23 bits per heavy atom. The minimum absolute atomic E-state index is 0.979. The summed E-state index contributed by atoms with van der Waals surface area (Å²) < 4.78 is 0. The molecule has 0 aliphatic heterocycles. The third kappa shape index (κ3) is 1.52. The summed E-state index contributed by atoms with van der Waals surface area (Å²) in [4.78, 5) is 9.26. The van der Waals surface area contributed by atoms with Crippen molar-refractivity contribution in [1.29, 1.82) is 0 Å². The molecule has 0 unspecified atom stereocenters. The Hall–Kier alpha value is -1.45. The van der Waals surface area contributed by atoms with Crippen molar-refractivity contribution >= 4 is 16.6 Å². The van der Waals surface area contributed by atoms with E-state index in [1.54, 1.807) is 18.8 Å². The molecule has 0 atom stereocenters. The molecule has 0 spiro atoms. The Balaban J connectivity index is 2.61. The molecule has 1 aromatic heterocycles. The fraction of sp³-hybridized carbons (Fsp3) is 0.100. The van der Waals surface area contributed by atoms with Gasteiger partial charge < -0.3 is 0 Å². The number of hydrogen-bond acceptors (Lipinski definition) is 2. The molecule has 0 amide bonds. The zero-order valence-corrected chi connectivity index (χ0v) is 7.40.